The van der Waals surface area contributed by atoms with Crippen LogP contribution in [-0.4, -0.2) is 56.2 Å². The summed E-state index contributed by atoms with van der Waals surface area (Å²) in [5, 5.41) is 2.80. The van der Waals surface area contributed by atoms with Gasteiger partial charge in [-0.15, -0.1) is 0 Å². The summed E-state index contributed by atoms with van der Waals surface area (Å²) in [6, 6.07) is 5.48. The van der Waals surface area contributed by atoms with Crippen LogP contribution in [0.4, 0.5) is 10.5 Å². The van der Waals surface area contributed by atoms with E-state index in [1.165, 1.54) is 0 Å². The third-order valence-electron chi connectivity index (χ3n) is 4.60. The van der Waals surface area contributed by atoms with Crippen molar-refractivity contribution in [2.45, 2.75) is 25.9 Å². The van der Waals surface area contributed by atoms with E-state index in [2.05, 4.69) is 5.32 Å². The first-order chi connectivity index (χ1) is 11.1. The number of nitrogens with one attached hydrogen (secondary N) is 1. The number of urea groups is 1. The van der Waals surface area contributed by atoms with Gasteiger partial charge in [0, 0.05) is 44.5 Å². The number of aryl methyl sites for hydroxylation is 1. The maximum atomic E-state index is 12.8. The summed E-state index contributed by atoms with van der Waals surface area (Å²) in [7, 11) is 1.69. The van der Waals surface area contributed by atoms with Gasteiger partial charge in [-0.3, -0.25) is 9.69 Å². The summed E-state index contributed by atoms with van der Waals surface area (Å²) in [5.41, 5.74) is 2.43. The van der Waals surface area contributed by atoms with E-state index in [4.69, 9.17) is 4.74 Å². The molecule has 2 fully saturated rings. The molecule has 0 bridgehead atoms. The van der Waals surface area contributed by atoms with Crippen molar-refractivity contribution in [1.29, 1.82) is 0 Å². The number of likely N-dealkylation sites (tertiary alicyclic amines) is 1. The van der Waals surface area contributed by atoms with Crippen LogP contribution < -0.4 is 10.2 Å². The van der Waals surface area contributed by atoms with Gasteiger partial charge in [0.15, 0.2) is 0 Å². The molecule has 0 spiro atoms. The Kier molecular flexibility index (Phi) is 4.52. The minimum absolute atomic E-state index is 0.00704. The molecule has 2 aliphatic rings. The van der Waals surface area contributed by atoms with Crippen LogP contribution in [0.25, 0.3) is 0 Å². The first-order valence-corrected chi connectivity index (χ1v) is 8.08. The van der Waals surface area contributed by atoms with Crippen LogP contribution >= 0.6 is 0 Å². The molecule has 1 atom stereocenters. The average Bonchev–Trinajstić information content (AvgIpc) is 3.00. The number of carbonyl (C=O) groups excluding carboxylic acids is 2. The standard InChI is InChI=1S/C17H23N3O3/c1-12-5-6-13(10-15(12)20-9-7-18-17(20)22)16(21)19-8-3-4-14(11-19)23-2/h5-6,10,14H,3-4,7-9,11H2,1-2H3,(H,18,22)/t14-/m0/s1. The molecule has 1 N–H and O–H groups in total. The van der Waals surface area contributed by atoms with Crippen molar-refractivity contribution in [3.63, 3.8) is 0 Å². The van der Waals surface area contributed by atoms with Crippen LogP contribution in [0.3, 0.4) is 0 Å². The van der Waals surface area contributed by atoms with Crippen LogP contribution in [0.5, 0.6) is 0 Å². The van der Waals surface area contributed by atoms with Crippen LogP contribution in [0.2, 0.25) is 0 Å². The fourth-order valence-electron chi connectivity index (χ4n) is 3.23. The van der Waals surface area contributed by atoms with Crippen molar-refractivity contribution in [3.8, 4) is 0 Å². The molecule has 3 amide bonds. The van der Waals surface area contributed by atoms with Gasteiger partial charge in [-0.05, 0) is 37.5 Å². The molecule has 0 aromatic heterocycles. The second-order valence-electron chi connectivity index (χ2n) is 6.14. The number of benzene rings is 1. The molecule has 0 saturated carbocycles. The number of methoxy groups -OCH3 is 1. The zero-order valence-electron chi connectivity index (χ0n) is 13.7. The van der Waals surface area contributed by atoms with Crippen molar-refractivity contribution in [2.75, 3.05) is 38.2 Å². The average molecular weight is 317 g/mol. The fraction of sp³-hybridized carbons (Fsp3) is 0.529. The van der Waals surface area contributed by atoms with Gasteiger partial charge in [0.1, 0.15) is 0 Å². The van der Waals surface area contributed by atoms with Crippen LogP contribution in [-0.2, 0) is 4.74 Å². The Bertz CT molecular complexity index is 617. The van der Waals surface area contributed by atoms with Crippen molar-refractivity contribution in [1.82, 2.24) is 10.2 Å². The number of ether oxygens (including phenoxy) is 1. The predicted octanol–water partition coefficient (Wildman–Crippen LogP) is 1.78. The third kappa shape index (κ3) is 3.17. The first-order valence-electron chi connectivity index (χ1n) is 8.08. The molecule has 124 valence electrons. The Hall–Kier alpha value is -2.08. The van der Waals surface area contributed by atoms with Gasteiger partial charge in [0.2, 0.25) is 0 Å². The molecular formula is C17H23N3O3. The van der Waals surface area contributed by atoms with Gasteiger partial charge < -0.3 is 15.0 Å². The Balaban J connectivity index is 1.82. The Morgan fingerprint density at radius 2 is 2.17 bits per heavy atom. The third-order valence-corrected chi connectivity index (χ3v) is 4.60. The summed E-state index contributed by atoms with van der Waals surface area (Å²) in [4.78, 5) is 28.2. The van der Waals surface area contributed by atoms with Crippen molar-refractivity contribution in [3.05, 3.63) is 29.3 Å². The highest BCUT2D eigenvalue weighted by Gasteiger charge is 2.27. The molecule has 6 nitrogen and oxygen atoms in total. The summed E-state index contributed by atoms with van der Waals surface area (Å²) in [6.45, 7) is 4.61. The van der Waals surface area contributed by atoms with E-state index in [0.29, 0.717) is 25.2 Å². The molecule has 0 radical (unpaired) electrons. The lowest BCUT2D eigenvalue weighted by Gasteiger charge is -2.32. The molecule has 2 aliphatic heterocycles. The quantitative estimate of drug-likeness (QED) is 0.924. The minimum Gasteiger partial charge on any atom is -0.380 e. The zero-order chi connectivity index (χ0) is 16.4. The number of anilines is 1. The number of carbonyl (C=O) groups is 2. The number of rotatable bonds is 3. The van der Waals surface area contributed by atoms with E-state index in [-0.39, 0.29) is 18.0 Å². The molecule has 23 heavy (non-hydrogen) atoms. The number of hydrogen-bond acceptors (Lipinski definition) is 3. The summed E-state index contributed by atoms with van der Waals surface area (Å²) >= 11 is 0. The van der Waals surface area contributed by atoms with E-state index in [0.717, 1.165) is 30.6 Å². The van der Waals surface area contributed by atoms with Crippen LogP contribution in [0.1, 0.15) is 28.8 Å². The SMILES string of the molecule is CO[C@H]1CCCN(C(=O)c2ccc(C)c(N3CCNC3=O)c2)C1. The molecular weight excluding hydrogens is 294 g/mol. The normalized spacial score (nSPS) is 21.5. The zero-order valence-corrected chi connectivity index (χ0v) is 13.7. The Morgan fingerprint density at radius 1 is 1.35 bits per heavy atom. The highest BCUT2D eigenvalue weighted by molar-refractivity contribution is 5.99. The maximum absolute atomic E-state index is 12.8. The van der Waals surface area contributed by atoms with E-state index >= 15 is 0 Å². The maximum Gasteiger partial charge on any atom is 0.322 e. The van der Waals surface area contributed by atoms with E-state index in [1.54, 1.807) is 12.0 Å². The fourth-order valence-corrected chi connectivity index (χ4v) is 3.23. The lowest BCUT2D eigenvalue weighted by Crippen LogP contribution is -2.43. The Morgan fingerprint density at radius 3 is 2.87 bits per heavy atom. The Labute approximate surface area is 136 Å². The number of piperidine rings is 1. The topological polar surface area (TPSA) is 61.9 Å². The lowest BCUT2D eigenvalue weighted by atomic mass is 10.0. The second-order valence-corrected chi connectivity index (χ2v) is 6.14. The molecule has 2 heterocycles. The number of nitrogens with zero attached hydrogens (tertiary/aromatic N) is 2. The van der Waals surface area contributed by atoms with E-state index in [9.17, 15) is 9.59 Å². The summed E-state index contributed by atoms with van der Waals surface area (Å²) < 4.78 is 5.39. The van der Waals surface area contributed by atoms with Crippen molar-refractivity contribution >= 4 is 17.6 Å². The molecule has 3 rings (SSSR count). The monoisotopic (exact) mass is 317 g/mol. The van der Waals surface area contributed by atoms with Gasteiger partial charge in [0.05, 0.1) is 6.10 Å². The summed E-state index contributed by atoms with van der Waals surface area (Å²) in [5.74, 6) is 0.00704. The largest absolute Gasteiger partial charge is 0.380 e. The first kappa shape index (κ1) is 15.8. The molecule has 6 heteroatoms. The minimum atomic E-state index is -0.102. The van der Waals surface area contributed by atoms with E-state index < -0.39 is 0 Å². The van der Waals surface area contributed by atoms with Gasteiger partial charge in [-0.2, -0.15) is 0 Å². The molecule has 1 aromatic carbocycles. The molecule has 2 saturated heterocycles. The molecule has 1 aromatic rings. The smallest absolute Gasteiger partial charge is 0.322 e. The molecule has 0 unspecified atom stereocenters. The summed E-state index contributed by atoms with van der Waals surface area (Å²) in [6.07, 6.45) is 2.06. The van der Waals surface area contributed by atoms with Crippen LogP contribution in [0.15, 0.2) is 18.2 Å². The second kappa shape index (κ2) is 6.58. The highest BCUT2D eigenvalue weighted by Crippen LogP contribution is 2.25. The highest BCUT2D eigenvalue weighted by atomic mass is 16.5. The number of amides is 3. The van der Waals surface area contributed by atoms with Gasteiger partial charge in [-0.1, -0.05) is 6.07 Å². The molecule has 0 aliphatic carbocycles. The van der Waals surface area contributed by atoms with Crippen molar-refractivity contribution in [2.24, 2.45) is 0 Å². The predicted molar refractivity (Wildman–Crippen MR) is 87.9 cm³/mol. The van der Waals surface area contributed by atoms with Gasteiger partial charge >= 0.3 is 6.03 Å². The van der Waals surface area contributed by atoms with E-state index in [1.807, 2.05) is 30.0 Å². The van der Waals surface area contributed by atoms with Crippen molar-refractivity contribution < 1.29 is 14.3 Å². The number of hydrogen-bond donors (Lipinski definition) is 1. The lowest BCUT2D eigenvalue weighted by molar-refractivity contribution is 0.0269. The van der Waals surface area contributed by atoms with Crippen LogP contribution in [0, 0.1) is 6.92 Å². The van der Waals surface area contributed by atoms with Gasteiger partial charge in [0.25, 0.3) is 5.91 Å². The van der Waals surface area contributed by atoms with Gasteiger partial charge in [-0.25, -0.2) is 4.79 Å².